The van der Waals surface area contributed by atoms with Crippen LogP contribution < -0.4 is 5.32 Å². The average Bonchev–Trinajstić information content (AvgIpc) is 2.21. The highest BCUT2D eigenvalue weighted by atomic mass is 79.9. The monoisotopic (exact) mass is 258 g/mol. The lowest BCUT2D eigenvalue weighted by atomic mass is 10.2. The first-order valence-electron chi connectivity index (χ1n) is 4.69. The third-order valence-corrected chi connectivity index (χ3v) is 2.89. The molecule has 0 fully saturated rings. The second-order valence-corrected chi connectivity index (χ2v) is 4.01. The number of anilines is 1. The normalized spacial score (nSPS) is 12.6. The standard InChI is InChI=1S/C10H15BrN2O/c1-3-8-4-5-12-10(9(8)11)13-7(2)6-14/h4-5,7,14H,3,6H2,1-2H3,(H,12,13)/t7-/m0/s1. The highest BCUT2D eigenvalue weighted by Crippen LogP contribution is 2.24. The molecule has 2 N–H and O–H groups in total. The second kappa shape index (κ2) is 5.32. The number of halogens is 1. The molecule has 0 aromatic carbocycles. The van der Waals surface area contributed by atoms with Gasteiger partial charge in [0.2, 0.25) is 0 Å². The van der Waals surface area contributed by atoms with Gasteiger partial charge < -0.3 is 10.4 Å². The largest absolute Gasteiger partial charge is 0.394 e. The van der Waals surface area contributed by atoms with E-state index in [2.05, 4.69) is 33.2 Å². The minimum absolute atomic E-state index is 0.0194. The maximum Gasteiger partial charge on any atom is 0.140 e. The molecule has 1 aromatic rings. The predicted molar refractivity (Wildman–Crippen MR) is 61.5 cm³/mol. The maximum atomic E-state index is 8.91. The number of nitrogens with zero attached hydrogens (tertiary/aromatic N) is 1. The molecule has 0 radical (unpaired) electrons. The zero-order valence-electron chi connectivity index (χ0n) is 8.42. The van der Waals surface area contributed by atoms with Crippen LogP contribution in [-0.4, -0.2) is 22.7 Å². The lowest BCUT2D eigenvalue weighted by Gasteiger charge is -2.14. The van der Waals surface area contributed by atoms with E-state index in [1.165, 1.54) is 5.56 Å². The summed E-state index contributed by atoms with van der Waals surface area (Å²) in [7, 11) is 0. The lowest BCUT2D eigenvalue weighted by Crippen LogP contribution is -2.20. The molecule has 3 nitrogen and oxygen atoms in total. The van der Waals surface area contributed by atoms with Gasteiger partial charge in [0, 0.05) is 12.2 Å². The minimum Gasteiger partial charge on any atom is -0.394 e. The van der Waals surface area contributed by atoms with Crippen molar-refractivity contribution in [1.82, 2.24) is 4.98 Å². The van der Waals surface area contributed by atoms with Gasteiger partial charge in [-0.1, -0.05) is 6.92 Å². The fourth-order valence-corrected chi connectivity index (χ4v) is 1.77. The molecular formula is C10H15BrN2O. The number of aryl methyl sites for hydroxylation is 1. The maximum absolute atomic E-state index is 8.91. The quantitative estimate of drug-likeness (QED) is 0.871. The molecule has 0 aliphatic carbocycles. The molecule has 1 aromatic heterocycles. The third-order valence-electron chi connectivity index (χ3n) is 2.01. The molecular weight excluding hydrogens is 244 g/mol. The Labute approximate surface area is 92.7 Å². The van der Waals surface area contributed by atoms with Crippen LogP contribution in [0.5, 0.6) is 0 Å². The number of aliphatic hydroxyl groups is 1. The van der Waals surface area contributed by atoms with Gasteiger partial charge in [0.05, 0.1) is 11.1 Å². The average molecular weight is 259 g/mol. The van der Waals surface area contributed by atoms with E-state index in [0.717, 1.165) is 16.7 Å². The lowest BCUT2D eigenvalue weighted by molar-refractivity contribution is 0.281. The number of hydrogen-bond acceptors (Lipinski definition) is 3. The van der Waals surface area contributed by atoms with E-state index in [9.17, 15) is 0 Å². The number of pyridine rings is 1. The number of rotatable bonds is 4. The van der Waals surface area contributed by atoms with Gasteiger partial charge in [0.15, 0.2) is 0 Å². The van der Waals surface area contributed by atoms with Crippen LogP contribution in [0.2, 0.25) is 0 Å². The number of hydrogen-bond donors (Lipinski definition) is 2. The first kappa shape index (κ1) is 11.5. The predicted octanol–water partition coefficient (Wildman–Crippen LogP) is 2.20. The van der Waals surface area contributed by atoms with Gasteiger partial charge in [-0.05, 0) is 40.9 Å². The van der Waals surface area contributed by atoms with Crippen molar-refractivity contribution >= 4 is 21.7 Å². The van der Waals surface area contributed by atoms with Crippen molar-refractivity contribution in [2.24, 2.45) is 0 Å². The fourth-order valence-electron chi connectivity index (χ4n) is 1.14. The van der Waals surface area contributed by atoms with E-state index in [0.29, 0.717) is 0 Å². The summed E-state index contributed by atoms with van der Waals surface area (Å²) in [6, 6.07) is 2.00. The van der Waals surface area contributed by atoms with Gasteiger partial charge in [0.25, 0.3) is 0 Å². The molecule has 4 heteroatoms. The molecule has 0 aliphatic rings. The molecule has 0 saturated heterocycles. The van der Waals surface area contributed by atoms with Gasteiger partial charge in [-0.3, -0.25) is 0 Å². The highest BCUT2D eigenvalue weighted by molar-refractivity contribution is 9.10. The van der Waals surface area contributed by atoms with Crippen LogP contribution >= 0.6 is 15.9 Å². The van der Waals surface area contributed by atoms with Gasteiger partial charge in [-0.15, -0.1) is 0 Å². The first-order chi connectivity index (χ1) is 6.69. The van der Waals surface area contributed by atoms with E-state index in [4.69, 9.17) is 5.11 Å². The Kier molecular flexibility index (Phi) is 4.35. The smallest absolute Gasteiger partial charge is 0.140 e. The summed E-state index contributed by atoms with van der Waals surface area (Å²) in [5, 5.41) is 12.0. The van der Waals surface area contributed by atoms with Crippen LogP contribution in [0.1, 0.15) is 19.4 Å². The van der Waals surface area contributed by atoms with Crippen LogP contribution in [0.25, 0.3) is 0 Å². The summed E-state index contributed by atoms with van der Waals surface area (Å²) in [4.78, 5) is 4.21. The molecule has 0 aliphatic heterocycles. The van der Waals surface area contributed by atoms with Gasteiger partial charge in [0.1, 0.15) is 5.82 Å². The van der Waals surface area contributed by atoms with Crippen molar-refractivity contribution in [2.45, 2.75) is 26.3 Å². The molecule has 78 valence electrons. The Bertz CT molecular complexity index is 304. The molecule has 14 heavy (non-hydrogen) atoms. The molecule has 0 saturated carbocycles. The summed E-state index contributed by atoms with van der Waals surface area (Å²) in [6.45, 7) is 4.11. The molecule has 0 unspecified atom stereocenters. The molecule has 1 atom stereocenters. The zero-order valence-corrected chi connectivity index (χ0v) is 10.0. The summed E-state index contributed by atoms with van der Waals surface area (Å²) >= 11 is 3.49. The van der Waals surface area contributed by atoms with E-state index >= 15 is 0 Å². The molecule has 1 rings (SSSR count). The van der Waals surface area contributed by atoms with Crippen LogP contribution in [0.3, 0.4) is 0 Å². The second-order valence-electron chi connectivity index (χ2n) is 3.21. The van der Waals surface area contributed by atoms with E-state index < -0.39 is 0 Å². The summed E-state index contributed by atoms with van der Waals surface area (Å²) in [6.07, 6.45) is 2.74. The minimum atomic E-state index is 0.0194. The van der Waals surface area contributed by atoms with Crippen LogP contribution in [-0.2, 0) is 6.42 Å². The van der Waals surface area contributed by atoms with Crippen molar-refractivity contribution in [3.05, 3.63) is 22.3 Å². The van der Waals surface area contributed by atoms with E-state index in [1.807, 2.05) is 13.0 Å². The molecule has 0 amide bonds. The van der Waals surface area contributed by atoms with Crippen molar-refractivity contribution in [1.29, 1.82) is 0 Å². The fraction of sp³-hybridized carbons (Fsp3) is 0.500. The summed E-state index contributed by atoms with van der Waals surface area (Å²) in [5.41, 5.74) is 1.22. The van der Waals surface area contributed by atoms with Crippen LogP contribution in [0.15, 0.2) is 16.7 Å². The topological polar surface area (TPSA) is 45.2 Å². The van der Waals surface area contributed by atoms with Crippen molar-refractivity contribution in [3.63, 3.8) is 0 Å². The van der Waals surface area contributed by atoms with E-state index in [1.54, 1.807) is 6.20 Å². The molecule has 0 bridgehead atoms. The van der Waals surface area contributed by atoms with Crippen molar-refractivity contribution in [2.75, 3.05) is 11.9 Å². The summed E-state index contributed by atoms with van der Waals surface area (Å²) in [5.74, 6) is 0.797. The van der Waals surface area contributed by atoms with Crippen molar-refractivity contribution < 1.29 is 5.11 Å². The Morgan fingerprint density at radius 3 is 2.93 bits per heavy atom. The van der Waals surface area contributed by atoms with Crippen molar-refractivity contribution in [3.8, 4) is 0 Å². The Balaban J connectivity index is 2.86. The Hall–Kier alpha value is -0.610. The zero-order chi connectivity index (χ0) is 10.6. The van der Waals surface area contributed by atoms with Gasteiger partial charge in [-0.2, -0.15) is 0 Å². The van der Waals surface area contributed by atoms with E-state index in [-0.39, 0.29) is 12.6 Å². The van der Waals surface area contributed by atoms with Gasteiger partial charge in [-0.25, -0.2) is 4.98 Å². The van der Waals surface area contributed by atoms with Crippen LogP contribution in [0.4, 0.5) is 5.82 Å². The van der Waals surface area contributed by atoms with Gasteiger partial charge >= 0.3 is 0 Å². The summed E-state index contributed by atoms with van der Waals surface area (Å²) < 4.78 is 0.989. The molecule has 0 spiro atoms. The highest BCUT2D eigenvalue weighted by Gasteiger charge is 2.07. The van der Waals surface area contributed by atoms with Crippen LogP contribution in [0, 0.1) is 0 Å². The number of aliphatic hydroxyl groups excluding tert-OH is 1. The Morgan fingerprint density at radius 1 is 1.64 bits per heavy atom. The number of aromatic nitrogens is 1. The first-order valence-corrected chi connectivity index (χ1v) is 5.49. The molecule has 1 heterocycles. The number of nitrogens with one attached hydrogen (secondary N) is 1. The third kappa shape index (κ3) is 2.69. The Morgan fingerprint density at radius 2 is 2.36 bits per heavy atom. The SMILES string of the molecule is CCc1ccnc(N[C@@H](C)CO)c1Br.